The molecule has 4 nitrogen and oxygen atoms in total. The Hall–Kier alpha value is -2.17. The van der Waals surface area contributed by atoms with Gasteiger partial charge in [-0.05, 0) is 42.0 Å². The number of hydrogen-bond donors (Lipinski definition) is 2. The fraction of sp³-hybridized carbons (Fsp3) is 0.391. The van der Waals surface area contributed by atoms with E-state index in [-0.39, 0.29) is 23.9 Å². The highest BCUT2D eigenvalue weighted by Crippen LogP contribution is 2.12. The molecule has 2 aromatic carbocycles. The van der Waals surface area contributed by atoms with E-state index in [1.807, 2.05) is 54.6 Å². The van der Waals surface area contributed by atoms with Gasteiger partial charge in [-0.3, -0.25) is 4.79 Å². The van der Waals surface area contributed by atoms with E-state index in [2.05, 4.69) is 24.5 Å². The van der Waals surface area contributed by atoms with Crippen LogP contribution in [0.2, 0.25) is 5.02 Å². The Labute approximate surface area is 172 Å². The first kappa shape index (κ1) is 22.1. The maximum absolute atomic E-state index is 12.4. The molecule has 0 radical (unpaired) electrons. The van der Waals surface area contributed by atoms with Crippen molar-refractivity contribution in [3.8, 4) is 0 Å². The Morgan fingerprint density at radius 2 is 1.79 bits per heavy atom. The molecule has 1 amide bonds. The maximum atomic E-state index is 12.4. The van der Waals surface area contributed by atoms with Gasteiger partial charge in [0, 0.05) is 24.0 Å². The van der Waals surface area contributed by atoms with E-state index in [4.69, 9.17) is 11.6 Å². The summed E-state index contributed by atoms with van der Waals surface area (Å²) in [5.41, 5.74) is 2.16. The molecule has 2 rings (SSSR count). The standard InChI is InChI=1S/C23H29ClN2O2/c1-17(2)22(15-25-21(16-27)14-18-7-4-3-5-8-18)26-23(28)12-11-19-9-6-10-20(24)13-19/h3-10,13,16-17,21-22,25H,11-12,14-15H2,1-2H3,(H,26,28). The first-order valence-electron chi connectivity index (χ1n) is 9.74. The Kier molecular flexibility index (Phi) is 9.18. The zero-order valence-corrected chi connectivity index (χ0v) is 17.3. The third kappa shape index (κ3) is 7.83. The first-order valence-corrected chi connectivity index (χ1v) is 10.1. The van der Waals surface area contributed by atoms with Gasteiger partial charge in [-0.15, -0.1) is 0 Å². The molecular formula is C23H29ClN2O2. The van der Waals surface area contributed by atoms with Gasteiger partial charge in [-0.25, -0.2) is 0 Å². The van der Waals surface area contributed by atoms with Gasteiger partial charge in [0.25, 0.3) is 0 Å². The molecule has 150 valence electrons. The quantitative estimate of drug-likeness (QED) is 0.564. The summed E-state index contributed by atoms with van der Waals surface area (Å²) < 4.78 is 0. The van der Waals surface area contributed by atoms with Crippen molar-refractivity contribution in [1.82, 2.24) is 10.6 Å². The number of carbonyl (C=O) groups is 2. The predicted octanol–water partition coefficient (Wildman–Crippen LogP) is 3.81. The molecule has 28 heavy (non-hydrogen) atoms. The van der Waals surface area contributed by atoms with Gasteiger partial charge in [0.15, 0.2) is 0 Å². The molecule has 2 atom stereocenters. The molecule has 2 aromatic rings. The number of halogens is 1. The van der Waals surface area contributed by atoms with Crippen LogP contribution >= 0.6 is 11.6 Å². The van der Waals surface area contributed by atoms with Gasteiger partial charge in [0.1, 0.15) is 6.29 Å². The van der Waals surface area contributed by atoms with Crippen molar-refractivity contribution in [3.05, 3.63) is 70.7 Å². The topological polar surface area (TPSA) is 58.2 Å². The Bertz CT molecular complexity index is 749. The highest BCUT2D eigenvalue weighted by molar-refractivity contribution is 6.30. The van der Waals surface area contributed by atoms with Gasteiger partial charge < -0.3 is 15.4 Å². The predicted molar refractivity (Wildman–Crippen MR) is 115 cm³/mol. The third-order valence-electron chi connectivity index (χ3n) is 4.74. The second kappa shape index (κ2) is 11.6. The fourth-order valence-corrected chi connectivity index (χ4v) is 3.21. The van der Waals surface area contributed by atoms with Gasteiger partial charge in [0.05, 0.1) is 6.04 Å². The molecule has 2 unspecified atom stereocenters. The van der Waals surface area contributed by atoms with Crippen LogP contribution in [0, 0.1) is 5.92 Å². The van der Waals surface area contributed by atoms with Crippen molar-refractivity contribution < 1.29 is 9.59 Å². The van der Waals surface area contributed by atoms with Gasteiger partial charge in [-0.2, -0.15) is 0 Å². The SMILES string of the molecule is CC(C)C(CNC(C=O)Cc1ccccc1)NC(=O)CCc1cccc(Cl)c1. The molecule has 0 saturated heterocycles. The summed E-state index contributed by atoms with van der Waals surface area (Å²) in [5, 5.41) is 7.06. The number of nitrogens with one attached hydrogen (secondary N) is 2. The van der Waals surface area contributed by atoms with Crippen molar-refractivity contribution in [3.63, 3.8) is 0 Å². The van der Waals surface area contributed by atoms with E-state index in [1.54, 1.807) is 0 Å². The smallest absolute Gasteiger partial charge is 0.220 e. The zero-order valence-electron chi connectivity index (χ0n) is 16.5. The minimum absolute atomic E-state index is 0.00573. The summed E-state index contributed by atoms with van der Waals surface area (Å²) in [4.78, 5) is 23.8. The lowest BCUT2D eigenvalue weighted by molar-refractivity contribution is -0.122. The molecule has 0 aromatic heterocycles. The van der Waals surface area contributed by atoms with Crippen LogP contribution < -0.4 is 10.6 Å². The van der Waals surface area contributed by atoms with Crippen molar-refractivity contribution in [2.24, 2.45) is 5.92 Å². The number of rotatable bonds is 11. The summed E-state index contributed by atoms with van der Waals surface area (Å²) in [6, 6.07) is 17.2. The van der Waals surface area contributed by atoms with Crippen molar-refractivity contribution in [1.29, 1.82) is 0 Å². The second-order valence-corrected chi connectivity index (χ2v) is 7.82. The summed E-state index contributed by atoms with van der Waals surface area (Å²) in [6.07, 6.45) is 2.63. The van der Waals surface area contributed by atoms with Crippen LogP contribution in [-0.4, -0.2) is 30.8 Å². The van der Waals surface area contributed by atoms with Crippen molar-refractivity contribution >= 4 is 23.8 Å². The molecular weight excluding hydrogens is 372 g/mol. The second-order valence-electron chi connectivity index (χ2n) is 7.39. The average Bonchev–Trinajstić information content (AvgIpc) is 2.69. The molecule has 0 aliphatic heterocycles. The Morgan fingerprint density at radius 1 is 1.07 bits per heavy atom. The lowest BCUT2D eigenvalue weighted by Crippen LogP contribution is -2.48. The van der Waals surface area contributed by atoms with E-state index < -0.39 is 0 Å². The summed E-state index contributed by atoms with van der Waals surface area (Å²) in [5.74, 6) is 0.262. The minimum atomic E-state index is -0.271. The molecule has 5 heteroatoms. The molecule has 2 N–H and O–H groups in total. The minimum Gasteiger partial charge on any atom is -0.352 e. The van der Waals surface area contributed by atoms with Crippen LogP contribution in [0.25, 0.3) is 0 Å². The molecule has 0 aliphatic rings. The molecule has 0 aliphatic carbocycles. The summed E-state index contributed by atoms with van der Waals surface area (Å²) >= 11 is 5.99. The lowest BCUT2D eigenvalue weighted by atomic mass is 10.0. The lowest BCUT2D eigenvalue weighted by Gasteiger charge is -2.25. The number of hydrogen-bond acceptors (Lipinski definition) is 3. The van der Waals surface area contributed by atoms with Gasteiger partial charge in [0.2, 0.25) is 5.91 Å². The van der Waals surface area contributed by atoms with E-state index in [0.29, 0.717) is 30.8 Å². The van der Waals surface area contributed by atoms with Crippen molar-refractivity contribution in [2.45, 2.75) is 45.2 Å². The number of amides is 1. The van der Waals surface area contributed by atoms with Crippen LogP contribution in [-0.2, 0) is 22.4 Å². The highest BCUT2D eigenvalue weighted by atomic mass is 35.5. The van der Waals surface area contributed by atoms with Crippen molar-refractivity contribution in [2.75, 3.05) is 6.54 Å². The monoisotopic (exact) mass is 400 g/mol. The Balaban J connectivity index is 1.82. The highest BCUT2D eigenvalue weighted by Gasteiger charge is 2.18. The zero-order chi connectivity index (χ0) is 20.4. The molecule has 0 saturated carbocycles. The number of carbonyl (C=O) groups excluding carboxylic acids is 2. The van der Waals surface area contributed by atoms with Crippen LogP contribution in [0.5, 0.6) is 0 Å². The van der Waals surface area contributed by atoms with Crippen LogP contribution in [0.4, 0.5) is 0 Å². The van der Waals surface area contributed by atoms with E-state index in [0.717, 1.165) is 17.4 Å². The first-order chi connectivity index (χ1) is 13.5. The maximum Gasteiger partial charge on any atom is 0.220 e. The van der Waals surface area contributed by atoms with Crippen LogP contribution in [0.3, 0.4) is 0 Å². The summed E-state index contributed by atoms with van der Waals surface area (Å²) in [6.45, 7) is 4.68. The number of aldehydes is 1. The third-order valence-corrected chi connectivity index (χ3v) is 4.98. The summed E-state index contributed by atoms with van der Waals surface area (Å²) in [7, 11) is 0. The largest absolute Gasteiger partial charge is 0.352 e. The normalized spacial score (nSPS) is 13.1. The molecule has 0 heterocycles. The van der Waals surface area contributed by atoms with Gasteiger partial charge in [-0.1, -0.05) is 67.9 Å². The Morgan fingerprint density at radius 3 is 2.43 bits per heavy atom. The molecule has 0 spiro atoms. The fourth-order valence-electron chi connectivity index (χ4n) is 3.00. The number of aryl methyl sites for hydroxylation is 1. The van der Waals surface area contributed by atoms with E-state index >= 15 is 0 Å². The number of benzene rings is 2. The molecule has 0 fully saturated rings. The van der Waals surface area contributed by atoms with Crippen LogP contribution in [0.15, 0.2) is 54.6 Å². The average molecular weight is 401 g/mol. The van der Waals surface area contributed by atoms with E-state index in [9.17, 15) is 9.59 Å². The van der Waals surface area contributed by atoms with E-state index in [1.165, 1.54) is 0 Å². The molecule has 0 bridgehead atoms. The van der Waals surface area contributed by atoms with Crippen LogP contribution in [0.1, 0.15) is 31.4 Å². The van der Waals surface area contributed by atoms with Gasteiger partial charge >= 0.3 is 0 Å².